The molecule has 0 aromatic heterocycles. The van der Waals surface area contributed by atoms with Gasteiger partial charge in [-0.2, -0.15) is 0 Å². The lowest BCUT2D eigenvalue weighted by Gasteiger charge is -2.37. The van der Waals surface area contributed by atoms with E-state index in [9.17, 15) is 4.79 Å². The molecular formula is C16H22N2OS. The molecule has 1 unspecified atom stereocenters. The molecule has 0 bridgehead atoms. The first kappa shape index (κ1) is 14.1. The Hall–Kier alpha value is -0.840. The van der Waals surface area contributed by atoms with Gasteiger partial charge in [0, 0.05) is 36.1 Å². The molecule has 0 spiro atoms. The van der Waals surface area contributed by atoms with Crippen LogP contribution in [-0.2, 0) is 0 Å². The van der Waals surface area contributed by atoms with Crippen LogP contribution in [0.3, 0.4) is 0 Å². The third-order valence-corrected chi connectivity index (χ3v) is 5.19. The van der Waals surface area contributed by atoms with Crippen LogP contribution in [-0.4, -0.2) is 60.6 Å². The van der Waals surface area contributed by atoms with Crippen molar-refractivity contribution in [1.29, 1.82) is 0 Å². The first-order valence-corrected chi connectivity index (χ1v) is 8.62. The number of nitrogens with zero attached hydrogens (tertiary/aromatic N) is 2. The molecule has 0 aliphatic carbocycles. The molecule has 0 radical (unpaired) electrons. The fraction of sp³-hybridized carbons (Fsp3) is 0.562. The maximum Gasteiger partial charge on any atom is 0.176 e. The van der Waals surface area contributed by atoms with E-state index in [1.54, 1.807) is 11.8 Å². The zero-order valence-corrected chi connectivity index (χ0v) is 12.9. The number of benzene rings is 1. The predicted molar refractivity (Wildman–Crippen MR) is 83.6 cm³/mol. The monoisotopic (exact) mass is 290 g/mol. The Kier molecular flexibility index (Phi) is 4.44. The van der Waals surface area contributed by atoms with Gasteiger partial charge in [-0.3, -0.25) is 14.6 Å². The highest BCUT2D eigenvalue weighted by Crippen LogP contribution is 2.22. The predicted octanol–water partition coefficient (Wildman–Crippen LogP) is 2.37. The summed E-state index contributed by atoms with van der Waals surface area (Å²) in [7, 11) is 0. The van der Waals surface area contributed by atoms with E-state index in [2.05, 4.69) is 16.1 Å². The molecule has 3 nitrogen and oxygen atoms in total. The number of Topliss-reactive ketones (excluding diaryl/α,β-unsaturated/α-hetero) is 1. The molecule has 2 aliphatic heterocycles. The summed E-state index contributed by atoms with van der Waals surface area (Å²) in [5.41, 5.74) is 0.844. The molecule has 2 saturated heterocycles. The van der Waals surface area contributed by atoms with Crippen LogP contribution in [0.4, 0.5) is 0 Å². The first-order valence-electron chi connectivity index (χ1n) is 7.40. The van der Waals surface area contributed by atoms with Crippen molar-refractivity contribution < 1.29 is 4.79 Å². The van der Waals surface area contributed by atoms with E-state index in [-0.39, 0.29) is 5.78 Å². The minimum atomic E-state index is 0.254. The molecule has 1 aromatic carbocycles. The van der Waals surface area contributed by atoms with Crippen molar-refractivity contribution in [2.45, 2.75) is 23.8 Å². The number of carbonyl (C=O) groups is 1. The average Bonchev–Trinajstić information content (AvgIpc) is 2.95. The van der Waals surface area contributed by atoms with Crippen molar-refractivity contribution in [2.75, 3.05) is 39.0 Å². The van der Waals surface area contributed by atoms with Crippen LogP contribution in [0.5, 0.6) is 0 Å². The van der Waals surface area contributed by atoms with Gasteiger partial charge in [0.15, 0.2) is 5.78 Å². The summed E-state index contributed by atoms with van der Waals surface area (Å²) in [6.45, 7) is 5.05. The van der Waals surface area contributed by atoms with Crippen LogP contribution in [0.25, 0.3) is 0 Å². The molecule has 20 heavy (non-hydrogen) atoms. The Morgan fingerprint density at radius 3 is 2.80 bits per heavy atom. The second kappa shape index (κ2) is 6.29. The summed E-state index contributed by atoms with van der Waals surface area (Å²) in [6.07, 6.45) is 4.67. The van der Waals surface area contributed by atoms with E-state index >= 15 is 0 Å². The van der Waals surface area contributed by atoms with Crippen LogP contribution < -0.4 is 0 Å². The number of piperazine rings is 1. The van der Waals surface area contributed by atoms with Crippen LogP contribution in [0.2, 0.25) is 0 Å². The number of rotatable bonds is 4. The molecule has 3 rings (SSSR count). The van der Waals surface area contributed by atoms with Gasteiger partial charge in [-0.1, -0.05) is 12.1 Å². The van der Waals surface area contributed by atoms with Gasteiger partial charge >= 0.3 is 0 Å². The second-order valence-electron chi connectivity index (χ2n) is 5.72. The Labute approximate surface area is 125 Å². The summed E-state index contributed by atoms with van der Waals surface area (Å²) >= 11 is 1.71. The van der Waals surface area contributed by atoms with Gasteiger partial charge in [-0.05, 0) is 37.8 Å². The third-order valence-electron chi connectivity index (χ3n) is 4.45. The van der Waals surface area contributed by atoms with Crippen molar-refractivity contribution >= 4 is 17.5 Å². The molecule has 108 valence electrons. The first-order chi connectivity index (χ1) is 9.76. The minimum absolute atomic E-state index is 0.254. The standard InChI is InChI=1S/C16H22N2OS/c1-20-15-6-4-13(5-7-15)16(19)12-17-9-10-18-8-2-3-14(18)11-17/h4-7,14H,2-3,8-12H2,1H3. The number of carbonyl (C=O) groups excluding carboxylic acids is 1. The van der Waals surface area contributed by atoms with Gasteiger partial charge in [0.25, 0.3) is 0 Å². The Bertz CT molecular complexity index is 474. The Morgan fingerprint density at radius 2 is 2.05 bits per heavy atom. The van der Waals surface area contributed by atoms with Crippen LogP contribution in [0, 0.1) is 0 Å². The average molecular weight is 290 g/mol. The van der Waals surface area contributed by atoms with Crippen molar-refractivity contribution in [2.24, 2.45) is 0 Å². The van der Waals surface area contributed by atoms with E-state index in [1.165, 1.54) is 24.3 Å². The van der Waals surface area contributed by atoms with Gasteiger partial charge < -0.3 is 0 Å². The van der Waals surface area contributed by atoms with Crippen LogP contribution in [0.15, 0.2) is 29.2 Å². The number of hydrogen-bond donors (Lipinski definition) is 0. The summed E-state index contributed by atoms with van der Waals surface area (Å²) in [5.74, 6) is 0.254. The van der Waals surface area contributed by atoms with Gasteiger partial charge in [-0.25, -0.2) is 0 Å². The van der Waals surface area contributed by atoms with E-state index in [0.717, 1.165) is 25.2 Å². The summed E-state index contributed by atoms with van der Waals surface area (Å²) in [4.78, 5) is 18.5. The van der Waals surface area contributed by atoms with Gasteiger partial charge in [0.1, 0.15) is 0 Å². The molecule has 1 aromatic rings. The normalized spacial score (nSPS) is 23.8. The third kappa shape index (κ3) is 3.08. The van der Waals surface area contributed by atoms with Crippen molar-refractivity contribution in [3.8, 4) is 0 Å². The second-order valence-corrected chi connectivity index (χ2v) is 6.60. The molecule has 2 heterocycles. The van der Waals surface area contributed by atoms with Gasteiger partial charge in [0.05, 0.1) is 6.54 Å². The summed E-state index contributed by atoms with van der Waals surface area (Å²) < 4.78 is 0. The SMILES string of the molecule is CSc1ccc(C(=O)CN2CCN3CCCC3C2)cc1. The topological polar surface area (TPSA) is 23.6 Å². The number of thioether (sulfide) groups is 1. The summed E-state index contributed by atoms with van der Waals surface area (Å²) in [6, 6.07) is 8.68. The fourth-order valence-corrected chi connectivity index (χ4v) is 3.68. The zero-order chi connectivity index (χ0) is 13.9. The molecular weight excluding hydrogens is 268 g/mol. The highest BCUT2D eigenvalue weighted by atomic mass is 32.2. The van der Waals surface area contributed by atoms with Crippen LogP contribution >= 0.6 is 11.8 Å². The lowest BCUT2D eigenvalue weighted by atomic mass is 10.1. The van der Waals surface area contributed by atoms with Gasteiger partial charge in [0.2, 0.25) is 0 Å². The van der Waals surface area contributed by atoms with E-state index in [0.29, 0.717) is 12.6 Å². The smallest absolute Gasteiger partial charge is 0.176 e. The minimum Gasteiger partial charge on any atom is -0.298 e. The molecule has 0 saturated carbocycles. The quantitative estimate of drug-likeness (QED) is 0.627. The maximum absolute atomic E-state index is 12.3. The Balaban J connectivity index is 1.58. The number of fused-ring (bicyclic) bond motifs is 1. The van der Waals surface area contributed by atoms with Crippen molar-refractivity contribution in [3.05, 3.63) is 29.8 Å². The van der Waals surface area contributed by atoms with Crippen molar-refractivity contribution in [3.63, 3.8) is 0 Å². The zero-order valence-electron chi connectivity index (χ0n) is 12.0. The number of ketones is 1. The van der Waals surface area contributed by atoms with E-state index in [1.807, 2.05) is 24.3 Å². The van der Waals surface area contributed by atoms with Gasteiger partial charge in [-0.15, -0.1) is 11.8 Å². The van der Waals surface area contributed by atoms with E-state index < -0.39 is 0 Å². The lowest BCUT2D eigenvalue weighted by molar-refractivity contribution is 0.0784. The number of hydrogen-bond acceptors (Lipinski definition) is 4. The molecule has 0 N–H and O–H groups in total. The molecule has 4 heteroatoms. The largest absolute Gasteiger partial charge is 0.298 e. The Morgan fingerprint density at radius 1 is 1.25 bits per heavy atom. The molecule has 2 aliphatic rings. The lowest BCUT2D eigenvalue weighted by Crippen LogP contribution is -2.51. The van der Waals surface area contributed by atoms with Crippen LogP contribution in [0.1, 0.15) is 23.2 Å². The molecule has 1 atom stereocenters. The summed E-state index contributed by atoms with van der Waals surface area (Å²) in [5, 5.41) is 0. The van der Waals surface area contributed by atoms with E-state index in [4.69, 9.17) is 0 Å². The fourth-order valence-electron chi connectivity index (χ4n) is 3.27. The molecule has 2 fully saturated rings. The maximum atomic E-state index is 12.3. The highest BCUT2D eigenvalue weighted by Gasteiger charge is 2.31. The highest BCUT2D eigenvalue weighted by molar-refractivity contribution is 7.98. The van der Waals surface area contributed by atoms with Crippen molar-refractivity contribution in [1.82, 2.24) is 9.80 Å². The molecule has 0 amide bonds.